The van der Waals surface area contributed by atoms with Crippen molar-refractivity contribution in [1.29, 1.82) is 0 Å². The van der Waals surface area contributed by atoms with E-state index >= 15 is 0 Å². The van der Waals surface area contributed by atoms with Gasteiger partial charge in [-0.15, -0.1) is 0 Å². The van der Waals surface area contributed by atoms with E-state index in [-0.39, 0.29) is 0 Å². The summed E-state index contributed by atoms with van der Waals surface area (Å²) in [6.45, 7) is 13.9. The molecule has 2 fully saturated rings. The van der Waals surface area contributed by atoms with Crippen molar-refractivity contribution in [3.8, 4) is 0 Å². The van der Waals surface area contributed by atoms with Gasteiger partial charge in [0.15, 0.2) is 0 Å². The first-order valence-corrected chi connectivity index (χ1v) is 14.9. The maximum Gasteiger partial charge on any atom is 0.0237 e. The third-order valence-electron chi connectivity index (χ3n) is 7.54. The summed E-state index contributed by atoms with van der Waals surface area (Å²) in [6, 6.07) is 43.1. The number of rotatable bonds is 14. The fraction of sp³-hybridized carbons (Fsp3) is 0.333. The molecule has 40 heavy (non-hydrogen) atoms. The van der Waals surface area contributed by atoms with Gasteiger partial charge in [-0.2, -0.15) is 0 Å². The highest BCUT2D eigenvalue weighted by Gasteiger charge is 2.19. The molecule has 208 valence electrons. The van der Waals surface area contributed by atoms with Crippen molar-refractivity contribution >= 4 is 0 Å². The van der Waals surface area contributed by atoms with Crippen molar-refractivity contribution in [3.05, 3.63) is 144 Å². The van der Waals surface area contributed by atoms with Gasteiger partial charge < -0.3 is 0 Å². The molecule has 0 aromatic heterocycles. The van der Waals surface area contributed by atoms with Crippen LogP contribution in [0.2, 0.25) is 0 Å². The Morgan fingerprint density at radius 3 is 0.850 bits per heavy atom. The lowest BCUT2D eigenvalue weighted by atomic mass is 10.1. The molecule has 2 saturated heterocycles. The average molecular weight is 533 g/mol. The minimum Gasteiger partial charge on any atom is -0.300 e. The molecule has 4 aromatic rings. The van der Waals surface area contributed by atoms with Gasteiger partial charge in [0.05, 0.1) is 0 Å². The van der Waals surface area contributed by atoms with Crippen LogP contribution in [0.5, 0.6) is 0 Å². The van der Waals surface area contributed by atoms with Crippen molar-refractivity contribution in [2.45, 2.75) is 26.2 Å². The summed E-state index contributed by atoms with van der Waals surface area (Å²) >= 11 is 0. The van der Waals surface area contributed by atoms with E-state index in [4.69, 9.17) is 0 Å². The smallest absolute Gasteiger partial charge is 0.0237 e. The van der Waals surface area contributed by atoms with E-state index in [9.17, 15) is 0 Å². The van der Waals surface area contributed by atoms with Crippen LogP contribution in [0, 0.1) is 0 Å². The zero-order valence-corrected chi connectivity index (χ0v) is 23.8. The third kappa shape index (κ3) is 10.7. The highest BCUT2D eigenvalue weighted by Crippen LogP contribution is 2.13. The van der Waals surface area contributed by atoms with Crippen LogP contribution in [-0.2, 0) is 26.2 Å². The van der Waals surface area contributed by atoms with Crippen molar-refractivity contribution in [1.82, 2.24) is 19.6 Å². The molecule has 0 aliphatic carbocycles. The van der Waals surface area contributed by atoms with Crippen LogP contribution in [0.4, 0.5) is 0 Å². The molecule has 0 bridgehead atoms. The number of benzene rings is 4. The molecule has 0 saturated carbocycles. The monoisotopic (exact) mass is 532 g/mol. The molecular weight excluding hydrogens is 488 g/mol. The van der Waals surface area contributed by atoms with Crippen molar-refractivity contribution in [2.75, 3.05) is 52.4 Å². The number of hydrogen-bond donors (Lipinski definition) is 0. The molecule has 0 unspecified atom stereocenters. The molecule has 4 aromatic carbocycles. The van der Waals surface area contributed by atoms with Crippen LogP contribution < -0.4 is 0 Å². The standard InChI is InChI=1S/2C18H22N2/c2*1-3-7-17(8-4-1)15-20(14-13-19-11-12-19)16-18-9-5-2-6-10-18/h2*1-10H,11-16H2. The molecule has 0 radical (unpaired) electrons. The van der Waals surface area contributed by atoms with Gasteiger partial charge in [0.1, 0.15) is 0 Å². The molecule has 6 rings (SSSR count). The predicted octanol–water partition coefficient (Wildman–Crippen LogP) is 6.01. The van der Waals surface area contributed by atoms with Crippen LogP contribution in [0.15, 0.2) is 121 Å². The molecule has 0 atom stereocenters. The van der Waals surface area contributed by atoms with E-state index in [0.717, 1.165) is 39.3 Å². The Labute approximate surface area is 241 Å². The molecule has 2 aliphatic rings. The Kier molecular flexibility index (Phi) is 10.9. The molecule has 0 amide bonds. The maximum atomic E-state index is 2.54. The number of hydrogen-bond acceptors (Lipinski definition) is 4. The number of nitrogens with zero attached hydrogens (tertiary/aromatic N) is 4. The van der Waals surface area contributed by atoms with Gasteiger partial charge in [-0.1, -0.05) is 121 Å². The van der Waals surface area contributed by atoms with Crippen LogP contribution in [0.3, 0.4) is 0 Å². The van der Waals surface area contributed by atoms with Crippen LogP contribution in [-0.4, -0.2) is 72.0 Å². The fourth-order valence-corrected chi connectivity index (χ4v) is 4.95. The summed E-state index contributed by atoms with van der Waals surface area (Å²) in [4.78, 5) is 10.1. The molecule has 0 N–H and O–H groups in total. The highest BCUT2D eigenvalue weighted by atomic mass is 15.3. The van der Waals surface area contributed by atoms with Gasteiger partial charge >= 0.3 is 0 Å². The van der Waals surface area contributed by atoms with E-state index in [0.29, 0.717) is 0 Å². The van der Waals surface area contributed by atoms with Gasteiger partial charge in [-0.05, 0) is 22.3 Å². The Hall–Kier alpha value is -3.28. The van der Waals surface area contributed by atoms with E-state index in [1.54, 1.807) is 0 Å². The summed E-state index contributed by atoms with van der Waals surface area (Å²) in [7, 11) is 0. The molecule has 4 nitrogen and oxygen atoms in total. The molecule has 0 spiro atoms. The maximum absolute atomic E-state index is 2.54. The van der Waals surface area contributed by atoms with Gasteiger partial charge in [0.2, 0.25) is 0 Å². The summed E-state index contributed by atoms with van der Waals surface area (Å²) in [5.41, 5.74) is 5.59. The van der Waals surface area contributed by atoms with Crippen LogP contribution >= 0.6 is 0 Å². The molecular formula is C36H44N4. The predicted molar refractivity (Wildman–Crippen MR) is 167 cm³/mol. The summed E-state index contributed by atoms with van der Waals surface area (Å²) in [6.07, 6.45) is 0. The Morgan fingerprint density at radius 2 is 0.625 bits per heavy atom. The van der Waals surface area contributed by atoms with Gasteiger partial charge in [0, 0.05) is 78.5 Å². The average Bonchev–Trinajstić information content (AvgIpc) is 3.93. The summed E-state index contributed by atoms with van der Waals surface area (Å²) in [5.74, 6) is 0. The lowest BCUT2D eigenvalue weighted by Crippen LogP contribution is -2.28. The first kappa shape index (κ1) is 28.3. The first-order chi connectivity index (χ1) is 19.8. The quantitative estimate of drug-likeness (QED) is 0.184. The topological polar surface area (TPSA) is 12.5 Å². The fourth-order valence-electron chi connectivity index (χ4n) is 4.95. The lowest BCUT2D eigenvalue weighted by molar-refractivity contribution is 0.243. The van der Waals surface area contributed by atoms with Crippen molar-refractivity contribution in [2.24, 2.45) is 0 Å². The first-order valence-electron chi connectivity index (χ1n) is 14.9. The van der Waals surface area contributed by atoms with E-state index in [1.807, 2.05) is 0 Å². The minimum absolute atomic E-state index is 1.03. The van der Waals surface area contributed by atoms with E-state index in [1.165, 1.54) is 61.5 Å². The van der Waals surface area contributed by atoms with Gasteiger partial charge in [-0.3, -0.25) is 19.6 Å². The third-order valence-corrected chi connectivity index (χ3v) is 7.54. The molecule has 2 heterocycles. The van der Waals surface area contributed by atoms with Crippen molar-refractivity contribution < 1.29 is 0 Å². The van der Waals surface area contributed by atoms with Crippen LogP contribution in [0.25, 0.3) is 0 Å². The second-order valence-electron chi connectivity index (χ2n) is 11.0. The van der Waals surface area contributed by atoms with Gasteiger partial charge in [-0.25, -0.2) is 0 Å². The minimum atomic E-state index is 1.03. The summed E-state index contributed by atoms with van der Waals surface area (Å²) < 4.78 is 0. The Bertz CT molecular complexity index is 1030. The molecule has 2 aliphatic heterocycles. The normalized spacial score (nSPS) is 14.7. The van der Waals surface area contributed by atoms with Crippen molar-refractivity contribution in [3.63, 3.8) is 0 Å². The zero-order valence-electron chi connectivity index (χ0n) is 23.8. The van der Waals surface area contributed by atoms with E-state index in [2.05, 4.69) is 141 Å². The highest BCUT2D eigenvalue weighted by molar-refractivity contribution is 5.18. The Morgan fingerprint density at radius 1 is 0.375 bits per heavy atom. The SMILES string of the molecule is c1ccc(CN(CCN2CC2)Cc2ccccc2)cc1.c1ccc(CN(CCN2CC2)Cc2ccccc2)cc1. The van der Waals surface area contributed by atoms with Crippen LogP contribution in [0.1, 0.15) is 22.3 Å². The summed E-state index contributed by atoms with van der Waals surface area (Å²) in [5, 5.41) is 0. The van der Waals surface area contributed by atoms with E-state index < -0.39 is 0 Å². The van der Waals surface area contributed by atoms with Gasteiger partial charge in [0.25, 0.3) is 0 Å². The lowest BCUT2D eigenvalue weighted by Gasteiger charge is -2.23. The largest absolute Gasteiger partial charge is 0.300 e. The Balaban J connectivity index is 0.000000161. The zero-order chi connectivity index (χ0) is 27.2. The molecule has 4 heteroatoms. The second-order valence-corrected chi connectivity index (χ2v) is 11.0. The second kappa shape index (κ2) is 15.5.